The minimum absolute atomic E-state index is 0. The number of amides is 1. The Morgan fingerprint density at radius 3 is 2.55 bits per heavy atom. The molecule has 164 valence electrons. The third-order valence-corrected chi connectivity index (χ3v) is 4.61. The number of guanidine groups is 1. The normalized spacial score (nSPS) is 11.9. The van der Waals surface area contributed by atoms with Crippen molar-refractivity contribution in [1.82, 2.24) is 16.0 Å². The zero-order valence-corrected chi connectivity index (χ0v) is 20.1. The second kappa shape index (κ2) is 12.8. The van der Waals surface area contributed by atoms with Gasteiger partial charge in [-0.05, 0) is 49.2 Å². The van der Waals surface area contributed by atoms with Crippen molar-refractivity contribution in [2.24, 2.45) is 4.99 Å². The fourth-order valence-corrected chi connectivity index (χ4v) is 3.01. The molecular weight excluding hydrogens is 503 g/mol. The summed E-state index contributed by atoms with van der Waals surface area (Å²) in [5, 5.41) is 9.57. The molecule has 3 aromatic rings. The van der Waals surface area contributed by atoms with E-state index in [4.69, 9.17) is 4.42 Å². The highest BCUT2D eigenvalue weighted by molar-refractivity contribution is 14.0. The molecule has 7 heteroatoms. The van der Waals surface area contributed by atoms with Crippen LogP contribution in [0.15, 0.2) is 82.4 Å². The molecule has 0 aliphatic heterocycles. The molecule has 2 aromatic carbocycles. The Balaban J connectivity index is 0.00000341. The average molecular weight is 532 g/mol. The molecule has 1 amide bonds. The largest absolute Gasteiger partial charge is 0.467 e. The first-order valence-corrected chi connectivity index (χ1v) is 10.1. The summed E-state index contributed by atoms with van der Waals surface area (Å²) >= 11 is 0. The first kappa shape index (κ1) is 24.5. The van der Waals surface area contributed by atoms with Gasteiger partial charge in [0.05, 0.1) is 25.4 Å². The van der Waals surface area contributed by atoms with Crippen LogP contribution in [0.25, 0.3) is 0 Å². The molecular formula is C24H29IN4O2. The third-order valence-electron chi connectivity index (χ3n) is 4.61. The summed E-state index contributed by atoms with van der Waals surface area (Å²) in [6, 6.07) is 21.5. The van der Waals surface area contributed by atoms with E-state index < -0.39 is 0 Å². The summed E-state index contributed by atoms with van der Waals surface area (Å²) in [6.07, 6.45) is 1.59. The predicted octanol–water partition coefficient (Wildman–Crippen LogP) is 4.64. The molecule has 0 bridgehead atoms. The van der Waals surface area contributed by atoms with Crippen LogP contribution in [-0.2, 0) is 13.1 Å². The maximum atomic E-state index is 12.4. The summed E-state index contributed by atoms with van der Waals surface area (Å²) in [6.45, 7) is 5.74. The Morgan fingerprint density at radius 2 is 1.84 bits per heavy atom. The molecule has 0 fully saturated rings. The summed E-state index contributed by atoms with van der Waals surface area (Å²) < 4.78 is 5.25. The van der Waals surface area contributed by atoms with Crippen LogP contribution in [0.3, 0.4) is 0 Å². The van der Waals surface area contributed by atoms with Crippen LogP contribution in [-0.4, -0.2) is 18.4 Å². The van der Waals surface area contributed by atoms with Gasteiger partial charge in [0.15, 0.2) is 5.96 Å². The molecule has 1 atom stereocenters. The van der Waals surface area contributed by atoms with Crippen molar-refractivity contribution >= 4 is 35.8 Å². The zero-order chi connectivity index (χ0) is 21.2. The van der Waals surface area contributed by atoms with Gasteiger partial charge in [0, 0.05) is 12.1 Å². The summed E-state index contributed by atoms with van der Waals surface area (Å²) in [5.74, 6) is 1.32. The van der Waals surface area contributed by atoms with Gasteiger partial charge in [-0.1, -0.05) is 42.5 Å². The van der Waals surface area contributed by atoms with E-state index in [9.17, 15) is 4.79 Å². The Morgan fingerprint density at radius 1 is 1.03 bits per heavy atom. The van der Waals surface area contributed by atoms with Gasteiger partial charge in [0.25, 0.3) is 5.91 Å². The van der Waals surface area contributed by atoms with Crippen molar-refractivity contribution in [1.29, 1.82) is 0 Å². The molecule has 1 heterocycles. The standard InChI is InChI=1S/C24H28N4O2.HI/c1-3-25-24(28-18(2)20-10-5-4-6-11-20)27-16-19-9-7-12-21(15-19)23(29)26-17-22-13-8-14-30-22;/h4-15,18H,3,16-17H2,1-2H3,(H,26,29)(H2,25,27,28);1H. The number of rotatable bonds is 8. The lowest BCUT2D eigenvalue weighted by Gasteiger charge is -2.18. The molecule has 6 nitrogen and oxygen atoms in total. The number of hydrogen-bond donors (Lipinski definition) is 3. The highest BCUT2D eigenvalue weighted by Gasteiger charge is 2.09. The highest BCUT2D eigenvalue weighted by atomic mass is 127. The maximum absolute atomic E-state index is 12.4. The number of carbonyl (C=O) groups is 1. The number of benzene rings is 2. The monoisotopic (exact) mass is 532 g/mol. The number of halogens is 1. The van der Waals surface area contributed by atoms with Crippen molar-refractivity contribution in [2.45, 2.75) is 33.0 Å². The fraction of sp³-hybridized carbons (Fsp3) is 0.250. The van der Waals surface area contributed by atoms with E-state index in [1.807, 2.05) is 49.4 Å². The van der Waals surface area contributed by atoms with E-state index in [1.165, 1.54) is 5.56 Å². The van der Waals surface area contributed by atoms with Crippen molar-refractivity contribution in [3.63, 3.8) is 0 Å². The quantitative estimate of drug-likeness (QED) is 0.224. The molecule has 0 aliphatic carbocycles. The van der Waals surface area contributed by atoms with Crippen LogP contribution in [0, 0.1) is 0 Å². The minimum Gasteiger partial charge on any atom is -0.467 e. The molecule has 0 aliphatic rings. The van der Waals surface area contributed by atoms with E-state index in [1.54, 1.807) is 18.4 Å². The lowest BCUT2D eigenvalue weighted by atomic mass is 10.1. The van der Waals surface area contributed by atoms with E-state index in [0.29, 0.717) is 18.7 Å². The van der Waals surface area contributed by atoms with Gasteiger partial charge < -0.3 is 20.4 Å². The molecule has 0 saturated heterocycles. The van der Waals surface area contributed by atoms with Crippen molar-refractivity contribution < 1.29 is 9.21 Å². The lowest BCUT2D eigenvalue weighted by molar-refractivity contribution is 0.0948. The van der Waals surface area contributed by atoms with Gasteiger partial charge in [-0.25, -0.2) is 4.99 Å². The van der Waals surface area contributed by atoms with Crippen LogP contribution in [0.2, 0.25) is 0 Å². The Hall–Kier alpha value is -2.81. The molecule has 3 N–H and O–H groups in total. The van der Waals surface area contributed by atoms with Gasteiger partial charge >= 0.3 is 0 Å². The topological polar surface area (TPSA) is 78.7 Å². The number of carbonyl (C=O) groups excluding carboxylic acids is 1. The Bertz CT molecular complexity index is 959. The first-order valence-electron chi connectivity index (χ1n) is 10.1. The van der Waals surface area contributed by atoms with Gasteiger partial charge in [-0.3, -0.25) is 4.79 Å². The number of aliphatic imine (C=N–C) groups is 1. The highest BCUT2D eigenvalue weighted by Crippen LogP contribution is 2.11. The van der Waals surface area contributed by atoms with Crippen LogP contribution >= 0.6 is 24.0 Å². The summed E-state index contributed by atoms with van der Waals surface area (Å²) in [7, 11) is 0. The number of hydrogen-bond acceptors (Lipinski definition) is 3. The summed E-state index contributed by atoms with van der Waals surface area (Å²) in [5.41, 5.74) is 2.76. The van der Waals surface area contributed by atoms with Gasteiger partial charge in [0.2, 0.25) is 0 Å². The fourth-order valence-electron chi connectivity index (χ4n) is 3.01. The molecule has 0 saturated carbocycles. The van der Waals surface area contributed by atoms with Gasteiger partial charge in [0.1, 0.15) is 5.76 Å². The molecule has 3 rings (SSSR count). The number of furan rings is 1. The lowest BCUT2D eigenvalue weighted by Crippen LogP contribution is -2.38. The molecule has 1 unspecified atom stereocenters. The van der Waals surface area contributed by atoms with E-state index in [-0.39, 0.29) is 35.9 Å². The van der Waals surface area contributed by atoms with Crippen molar-refractivity contribution in [2.75, 3.05) is 6.54 Å². The average Bonchev–Trinajstić information content (AvgIpc) is 3.30. The van der Waals surface area contributed by atoms with Crippen molar-refractivity contribution in [3.8, 4) is 0 Å². The summed E-state index contributed by atoms with van der Waals surface area (Å²) in [4.78, 5) is 17.1. The third kappa shape index (κ3) is 7.75. The zero-order valence-electron chi connectivity index (χ0n) is 17.8. The van der Waals surface area contributed by atoms with E-state index in [2.05, 4.69) is 40.0 Å². The van der Waals surface area contributed by atoms with E-state index >= 15 is 0 Å². The molecule has 0 radical (unpaired) electrons. The predicted molar refractivity (Wildman–Crippen MR) is 135 cm³/mol. The SMILES string of the molecule is CCNC(=NCc1cccc(C(=O)NCc2ccco2)c1)NC(C)c1ccccc1.I. The maximum Gasteiger partial charge on any atom is 0.251 e. The van der Waals surface area contributed by atoms with Gasteiger partial charge in [-0.15, -0.1) is 24.0 Å². The Kier molecular flexibility index (Phi) is 10.1. The molecule has 1 aromatic heterocycles. The minimum atomic E-state index is -0.139. The number of nitrogens with one attached hydrogen (secondary N) is 3. The first-order chi connectivity index (χ1) is 14.7. The smallest absolute Gasteiger partial charge is 0.251 e. The molecule has 31 heavy (non-hydrogen) atoms. The van der Waals surface area contributed by atoms with E-state index in [0.717, 1.165) is 23.8 Å². The van der Waals surface area contributed by atoms with Crippen LogP contribution in [0.5, 0.6) is 0 Å². The molecule has 0 spiro atoms. The van der Waals surface area contributed by atoms with Crippen LogP contribution < -0.4 is 16.0 Å². The van der Waals surface area contributed by atoms with Gasteiger partial charge in [-0.2, -0.15) is 0 Å². The Labute approximate surface area is 200 Å². The van der Waals surface area contributed by atoms with Crippen LogP contribution in [0.1, 0.15) is 47.1 Å². The van der Waals surface area contributed by atoms with Crippen LogP contribution in [0.4, 0.5) is 0 Å². The second-order valence-electron chi connectivity index (χ2n) is 6.93. The second-order valence-corrected chi connectivity index (χ2v) is 6.93. The van der Waals surface area contributed by atoms with Crippen molar-refractivity contribution in [3.05, 3.63) is 95.4 Å². The number of nitrogens with zero attached hydrogens (tertiary/aromatic N) is 1.